The summed E-state index contributed by atoms with van der Waals surface area (Å²) in [6.07, 6.45) is 1.92. The number of hydrogen-bond donors (Lipinski definition) is 0. The molecule has 1 aliphatic rings. The Morgan fingerprint density at radius 3 is 2.52 bits per heavy atom. The van der Waals surface area contributed by atoms with E-state index in [0.717, 1.165) is 63.0 Å². The van der Waals surface area contributed by atoms with E-state index in [1.54, 1.807) is 7.11 Å². The van der Waals surface area contributed by atoms with E-state index in [2.05, 4.69) is 39.0 Å². The summed E-state index contributed by atoms with van der Waals surface area (Å²) in [5.74, 6) is 2.44. The Balaban J connectivity index is 1.51. The van der Waals surface area contributed by atoms with Gasteiger partial charge in [0, 0.05) is 38.3 Å². The van der Waals surface area contributed by atoms with E-state index in [0.29, 0.717) is 0 Å². The van der Waals surface area contributed by atoms with Gasteiger partial charge in [-0.15, -0.1) is 0 Å². The molecule has 2 aromatic rings. The number of anilines is 1. The van der Waals surface area contributed by atoms with Crippen molar-refractivity contribution in [2.75, 3.05) is 38.2 Å². The molecule has 0 radical (unpaired) electrons. The van der Waals surface area contributed by atoms with Crippen LogP contribution in [0.4, 0.5) is 5.69 Å². The van der Waals surface area contributed by atoms with Crippen molar-refractivity contribution in [3.8, 4) is 5.75 Å². The van der Waals surface area contributed by atoms with E-state index in [1.165, 1.54) is 5.69 Å². The van der Waals surface area contributed by atoms with Gasteiger partial charge in [-0.05, 0) is 30.7 Å². The van der Waals surface area contributed by atoms with Crippen LogP contribution in [0.2, 0.25) is 0 Å². The zero-order valence-corrected chi connectivity index (χ0v) is 13.9. The molecule has 1 aliphatic heterocycles. The Morgan fingerprint density at radius 2 is 1.87 bits per heavy atom. The lowest BCUT2D eigenvalue weighted by Crippen LogP contribution is -2.46. The summed E-state index contributed by atoms with van der Waals surface area (Å²) in [6, 6.07) is 8.25. The number of methoxy groups -OCH3 is 1. The molecule has 0 N–H and O–H groups in total. The lowest BCUT2D eigenvalue weighted by atomic mass is 10.2. The van der Waals surface area contributed by atoms with Gasteiger partial charge in [-0.3, -0.25) is 4.90 Å². The van der Waals surface area contributed by atoms with Crippen LogP contribution in [0, 0.1) is 0 Å². The van der Waals surface area contributed by atoms with E-state index in [1.807, 2.05) is 12.1 Å². The third kappa shape index (κ3) is 4.01. The van der Waals surface area contributed by atoms with Gasteiger partial charge in [0.25, 0.3) is 0 Å². The first-order valence-electron chi connectivity index (χ1n) is 8.21. The van der Waals surface area contributed by atoms with Crippen LogP contribution >= 0.6 is 0 Å². The summed E-state index contributed by atoms with van der Waals surface area (Å²) >= 11 is 0. The third-order valence-electron chi connectivity index (χ3n) is 4.15. The fraction of sp³-hybridized carbons (Fsp3) is 0.529. The molecule has 23 heavy (non-hydrogen) atoms. The van der Waals surface area contributed by atoms with Crippen LogP contribution in [-0.4, -0.2) is 48.3 Å². The molecule has 0 aliphatic carbocycles. The Hall–Kier alpha value is -2.08. The van der Waals surface area contributed by atoms with Crippen molar-refractivity contribution in [2.24, 2.45) is 0 Å². The molecular formula is C17H24N4O2. The second-order valence-corrected chi connectivity index (χ2v) is 5.82. The quantitative estimate of drug-likeness (QED) is 0.815. The van der Waals surface area contributed by atoms with Gasteiger partial charge in [-0.25, -0.2) is 0 Å². The lowest BCUT2D eigenvalue weighted by molar-refractivity contribution is 0.215. The predicted octanol–water partition coefficient (Wildman–Crippen LogP) is 2.35. The molecule has 0 saturated carbocycles. The number of rotatable bonds is 6. The largest absolute Gasteiger partial charge is 0.497 e. The SMILES string of the molecule is CCCc1noc(CN2CCN(c3ccc(OC)cc3)CC2)n1. The number of piperazine rings is 1. The molecule has 2 heterocycles. The molecule has 3 rings (SSSR count). The highest BCUT2D eigenvalue weighted by Gasteiger charge is 2.19. The smallest absolute Gasteiger partial charge is 0.240 e. The fourth-order valence-corrected chi connectivity index (χ4v) is 2.83. The number of ether oxygens (including phenoxy) is 1. The monoisotopic (exact) mass is 316 g/mol. The van der Waals surface area contributed by atoms with Crippen LogP contribution in [0.3, 0.4) is 0 Å². The van der Waals surface area contributed by atoms with E-state index in [4.69, 9.17) is 9.26 Å². The first-order valence-corrected chi connectivity index (χ1v) is 8.21. The molecule has 0 unspecified atom stereocenters. The molecule has 1 saturated heterocycles. The van der Waals surface area contributed by atoms with Crippen LogP contribution in [0.5, 0.6) is 5.75 Å². The fourth-order valence-electron chi connectivity index (χ4n) is 2.83. The number of nitrogens with zero attached hydrogens (tertiary/aromatic N) is 4. The van der Waals surface area contributed by atoms with E-state index >= 15 is 0 Å². The molecule has 6 nitrogen and oxygen atoms in total. The molecular weight excluding hydrogens is 292 g/mol. The first kappa shape index (κ1) is 15.8. The normalized spacial score (nSPS) is 15.8. The van der Waals surface area contributed by atoms with Crippen molar-refractivity contribution in [1.82, 2.24) is 15.0 Å². The van der Waals surface area contributed by atoms with Crippen molar-refractivity contribution >= 4 is 5.69 Å². The Labute approximate surface area is 137 Å². The third-order valence-corrected chi connectivity index (χ3v) is 4.15. The maximum absolute atomic E-state index is 5.33. The molecule has 0 amide bonds. The average molecular weight is 316 g/mol. The van der Waals surface area contributed by atoms with Crippen LogP contribution in [-0.2, 0) is 13.0 Å². The maximum Gasteiger partial charge on any atom is 0.240 e. The molecule has 1 aromatic carbocycles. The standard InChI is InChI=1S/C17H24N4O2/c1-3-4-16-18-17(23-19-16)13-20-9-11-21(12-10-20)14-5-7-15(22-2)8-6-14/h5-8H,3-4,9-13H2,1-2H3. The Morgan fingerprint density at radius 1 is 1.13 bits per heavy atom. The number of benzene rings is 1. The number of aromatic nitrogens is 2. The highest BCUT2D eigenvalue weighted by Crippen LogP contribution is 2.20. The van der Waals surface area contributed by atoms with Crippen molar-refractivity contribution < 1.29 is 9.26 Å². The lowest BCUT2D eigenvalue weighted by Gasteiger charge is -2.35. The van der Waals surface area contributed by atoms with Crippen molar-refractivity contribution in [1.29, 1.82) is 0 Å². The Bertz CT molecular complexity index is 603. The second-order valence-electron chi connectivity index (χ2n) is 5.82. The van der Waals surface area contributed by atoms with Crippen molar-refractivity contribution in [2.45, 2.75) is 26.3 Å². The summed E-state index contributed by atoms with van der Waals surface area (Å²) in [4.78, 5) is 9.20. The topological polar surface area (TPSA) is 54.6 Å². The summed E-state index contributed by atoms with van der Waals surface area (Å²) in [5, 5.41) is 4.02. The second kappa shape index (κ2) is 7.46. The minimum absolute atomic E-state index is 0.728. The summed E-state index contributed by atoms with van der Waals surface area (Å²) in [6.45, 7) is 6.86. The number of aryl methyl sites for hydroxylation is 1. The van der Waals surface area contributed by atoms with E-state index in [-0.39, 0.29) is 0 Å². The van der Waals surface area contributed by atoms with Crippen LogP contribution in [0.1, 0.15) is 25.1 Å². The first-order chi connectivity index (χ1) is 11.3. The maximum atomic E-state index is 5.33. The van der Waals surface area contributed by atoms with Crippen LogP contribution in [0.25, 0.3) is 0 Å². The molecule has 0 atom stereocenters. The van der Waals surface area contributed by atoms with Gasteiger partial charge in [-0.1, -0.05) is 12.1 Å². The Kier molecular flexibility index (Phi) is 5.12. The summed E-state index contributed by atoms with van der Waals surface area (Å²) in [7, 11) is 1.69. The molecule has 0 spiro atoms. The van der Waals surface area contributed by atoms with E-state index in [9.17, 15) is 0 Å². The van der Waals surface area contributed by atoms with E-state index < -0.39 is 0 Å². The average Bonchev–Trinajstić information content (AvgIpc) is 3.03. The van der Waals surface area contributed by atoms with Gasteiger partial charge in [0.15, 0.2) is 5.82 Å². The van der Waals surface area contributed by atoms with Gasteiger partial charge in [0.1, 0.15) is 5.75 Å². The van der Waals surface area contributed by atoms with Gasteiger partial charge in [0.05, 0.1) is 13.7 Å². The minimum Gasteiger partial charge on any atom is -0.497 e. The van der Waals surface area contributed by atoms with Crippen LogP contribution < -0.4 is 9.64 Å². The summed E-state index contributed by atoms with van der Waals surface area (Å²) < 4.78 is 10.5. The molecule has 1 aromatic heterocycles. The van der Waals surface area contributed by atoms with Crippen molar-refractivity contribution in [3.63, 3.8) is 0 Å². The zero-order valence-electron chi connectivity index (χ0n) is 13.9. The summed E-state index contributed by atoms with van der Waals surface area (Å²) in [5.41, 5.74) is 1.24. The highest BCUT2D eigenvalue weighted by molar-refractivity contribution is 5.49. The van der Waals surface area contributed by atoms with Gasteiger partial charge in [0.2, 0.25) is 5.89 Å². The van der Waals surface area contributed by atoms with Gasteiger partial charge < -0.3 is 14.2 Å². The number of hydrogen-bond acceptors (Lipinski definition) is 6. The molecule has 1 fully saturated rings. The predicted molar refractivity (Wildman–Crippen MR) is 88.8 cm³/mol. The molecule has 0 bridgehead atoms. The molecule has 124 valence electrons. The zero-order chi connectivity index (χ0) is 16.1. The van der Waals surface area contributed by atoms with Crippen molar-refractivity contribution in [3.05, 3.63) is 36.0 Å². The highest BCUT2D eigenvalue weighted by atomic mass is 16.5. The van der Waals surface area contributed by atoms with Gasteiger partial charge in [-0.2, -0.15) is 4.98 Å². The molecule has 6 heteroatoms. The van der Waals surface area contributed by atoms with Gasteiger partial charge >= 0.3 is 0 Å². The minimum atomic E-state index is 0.728. The van der Waals surface area contributed by atoms with Crippen LogP contribution in [0.15, 0.2) is 28.8 Å².